The molecular weight excluding hydrogens is 358 g/mol. The van der Waals surface area contributed by atoms with Gasteiger partial charge in [-0.25, -0.2) is 0 Å². The first-order valence-electron chi connectivity index (χ1n) is 10.3. The molecule has 152 valence electrons. The second-order valence-corrected chi connectivity index (χ2v) is 7.75. The standard InChI is InChI=1S/C21H29N3O4/c25-18(15-6-5-11-22-12-15)14-24-23-13-17-16(19-9-10-20(17)28-19)7-3-1-2-4-8-21(26)27/h5-6,11-12,16-17,19-20H,1-4,7-10,13-14H2,(H,26,27). The van der Waals surface area contributed by atoms with E-state index < -0.39 is 5.97 Å². The third kappa shape index (κ3) is 5.67. The summed E-state index contributed by atoms with van der Waals surface area (Å²) in [5.41, 5.74) is 0.561. The number of pyridine rings is 1. The lowest BCUT2D eigenvalue weighted by molar-refractivity contribution is -0.137. The first-order valence-corrected chi connectivity index (χ1v) is 10.3. The normalized spacial score (nSPS) is 26.1. The number of fused-ring (bicyclic) bond motifs is 2. The number of carbonyl (C=O) groups excluding carboxylic acids is 1. The molecule has 0 radical (unpaired) electrons. The van der Waals surface area contributed by atoms with Crippen molar-refractivity contribution >= 4 is 11.8 Å². The Morgan fingerprint density at radius 2 is 1.89 bits per heavy atom. The van der Waals surface area contributed by atoms with E-state index in [9.17, 15) is 9.59 Å². The lowest BCUT2D eigenvalue weighted by Crippen LogP contribution is -2.29. The highest BCUT2D eigenvalue weighted by Gasteiger charge is 2.48. The van der Waals surface area contributed by atoms with E-state index >= 15 is 0 Å². The van der Waals surface area contributed by atoms with Gasteiger partial charge in [0.05, 0.1) is 18.8 Å². The van der Waals surface area contributed by atoms with Crippen LogP contribution < -0.4 is 0 Å². The zero-order valence-corrected chi connectivity index (χ0v) is 16.2. The van der Waals surface area contributed by atoms with Crippen molar-refractivity contribution in [2.24, 2.45) is 22.1 Å². The molecule has 3 rings (SSSR count). The minimum Gasteiger partial charge on any atom is -0.481 e. The van der Waals surface area contributed by atoms with Crippen molar-refractivity contribution in [3.63, 3.8) is 0 Å². The van der Waals surface area contributed by atoms with Gasteiger partial charge in [-0.15, -0.1) is 0 Å². The van der Waals surface area contributed by atoms with Gasteiger partial charge in [0.1, 0.15) is 6.54 Å². The number of carboxylic acids is 1. The van der Waals surface area contributed by atoms with Crippen LogP contribution in [-0.4, -0.2) is 47.1 Å². The molecule has 2 saturated heterocycles. The van der Waals surface area contributed by atoms with E-state index in [0.717, 1.165) is 44.9 Å². The molecule has 0 aliphatic carbocycles. The summed E-state index contributed by atoms with van der Waals surface area (Å²) in [7, 11) is 0. The molecule has 1 aromatic rings. The predicted octanol–water partition coefficient (Wildman–Crippen LogP) is 3.94. The van der Waals surface area contributed by atoms with Gasteiger partial charge in [0.15, 0.2) is 5.78 Å². The lowest BCUT2D eigenvalue weighted by Gasteiger charge is -2.26. The Labute approximate surface area is 165 Å². The largest absolute Gasteiger partial charge is 0.481 e. The second kappa shape index (κ2) is 10.4. The molecule has 2 fully saturated rings. The summed E-state index contributed by atoms with van der Waals surface area (Å²) < 4.78 is 6.10. The van der Waals surface area contributed by atoms with Crippen LogP contribution in [0.15, 0.2) is 34.8 Å². The topological polar surface area (TPSA) is 101 Å². The number of Topliss-reactive ketones (excluding diaryl/α,β-unsaturated/α-hetero) is 1. The zero-order chi connectivity index (χ0) is 19.8. The van der Waals surface area contributed by atoms with Crippen LogP contribution in [0.2, 0.25) is 0 Å². The van der Waals surface area contributed by atoms with Crippen LogP contribution in [0, 0.1) is 11.8 Å². The van der Waals surface area contributed by atoms with Gasteiger partial charge in [-0.1, -0.05) is 19.3 Å². The van der Waals surface area contributed by atoms with Crippen molar-refractivity contribution in [2.75, 3.05) is 13.1 Å². The minimum absolute atomic E-state index is 0.0572. The third-order valence-electron chi connectivity index (χ3n) is 5.86. The summed E-state index contributed by atoms with van der Waals surface area (Å²) in [6.07, 6.45) is 11.3. The summed E-state index contributed by atoms with van der Waals surface area (Å²) in [6, 6.07) is 3.48. The fourth-order valence-corrected chi connectivity index (χ4v) is 4.42. The summed E-state index contributed by atoms with van der Waals surface area (Å²) in [6.45, 7) is 0.673. The van der Waals surface area contributed by atoms with Crippen LogP contribution in [0.25, 0.3) is 0 Å². The molecule has 3 heterocycles. The van der Waals surface area contributed by atoms with Gasteiger partial charge in [-0.3, -0.25) is 14.6 Å². The minimum atomic E-state index is -0.714. The van der Waals surface area contributed by atoms with E-state index in [0.29, 0.717) is 30.0 Å². The molecule has 2 bridgehead atoms. The fraction of sp³-hybridized carbons (Fsp3) is 0.667. The Balaban J connectivity index is 1.40. The first-order chi connectivity index (χ1) is 13.6. The molecule has 2 aliphatic rings. The Morgan fingerprint density at radius 3 is 2.64 bits per heavy atom. The molecule has 0 spiro atoms. The van der Waals surface area contributed by atoms with Gasteiger partial charge < -0.3 is 9.84 Å². The molecule has 2 aliphatic heterocycles. The highest BCUT2D eigenvalue weighted by Crippen LogP contribution is 2.45. The lowest BCUT2D eigenvalue weighted by atomic mass is 9.76. The summed E-state index contributed by atoms with van der Waals surface area (Å²) >= 11 is 0. The predicted molar refractivity (Wildman–Crippen MR) is 103 cm³/mol. The number of carboxylic acid groups (broad SMARTS) is 1. The smallest absolute Gasteiger partial charge is 0.303 e. The fourth-order valence-electron chi connectivity index (χ4n) is 4.42. The molecule has 28 heavy (non-hydrogen) atoms. The van der Waals surface area contributed by atoms with Crippen molar-refractivity contribution in [3.05, 3.63) is 30.1 Å². The van der Waals surface area contributed by atoms with Crippen LogP contribution in [0.1, 0.15) is 61.7 Å². The number of hydrogen-bond acceptors (Lipinski definition) is 6. The molecule has 0 amide bonds. The van der Waals surface area contributed by atoms with Crippen LogP contribution >= 0.6 is 0 Å². The van der Waals surface area contributed by atoms with Crippen LogP contribution in [0.5, 0.6) is 0 Å². The summed E-state index contributed by atoms with van der Waals surface area (Å²) in [5.74, 6) is 0.106. The van der Waals surface area contributed by atoms with E-state index in [1.165, 1.54) is 0 Å². The average Bonchev–Trinajstić information content (AvgIpc) is 3.30. The van der Waals surface area contributed by atoms with E-state index in [1.54, 1.807) is 24.5 Å². The quantitative estimate of drug-likeness (QED) is 0.333. The first kappa shape index (κ1) is 20.6. The summed E-state index contributed by atoms with van der Waals surface area (Å²) in [4.78, 5) is 26.6. The molecule has 1 N–H and O–H groups in total. The molecule has 7 heteroatoms. The van der Waals surface area contributed by atoms with E-state index in [1.807, 2.05) is 0 Å². The van der Waals surface area contributed by atoms with Gasteiger partial charge in [0.2, 0.25) is 0 Å². The second-order valence-electron chi connectivity index (χ2n) is 7.75. The molecule has 0 saturated carbocycles. The molecule has 4 unspecified atom stereocenters. The number of hydrogen-bond donors (Lipinski definition) is 1. The molecule has 1 aromatic heterocycles. The number of nitrogens with zero attached hydrogens (tertiary/aromatic N) is 3. The van der Waals surface area contributed by atoms with E-state index in [-0.39, 0.29) is 24.9 Å². The molecule has 7 nitrogen and oxygen atoms in total. The zero-order valence-electron chi connectivity index (χ0n) is 16.2. The van der Waals surface area contributed by atoms with Crippen LogP contribution in [0.4, 0.5) is 0 Å². The molecular formula is C21H29N3O4. The van der Waals surface area contributed by atoms with Crippen molar-refractivity contribution < 1.29 is 19.4 Å². The Morgan fingerprint density at radius 1 is 1.11 bits per heavy atom. The van der Waals surface area contributed by atoms with Crippen molar-refractivity contribution in [1.29, 1.82) is 0 Å². The number of carbonyl (C=O) groups is 2. The Kier molecular flexibility index (Phi) is 7.65. The SMILES string of the molecule is O=C(O)CCCCCCC1C2CCC(O2)C1CN=NCC(=O)c1cccnc1. The monoisotopic (exact) mass is 387 g/mol. The maximum absolute atomic E-state index is 12.0. The van der Waals surface area contributed by atoms with Gasteiger partial charge in [-0.05, 0) is 43.7 Å². The average molecular weight is 387 g/mol. The number of unbranched alkanes of at least 4 members (excludes halogenated alkanes) is 3. The number of rotatable bonds is 12. The number of ether oxygens (including phenoxy) is 1. The highest BCUT2D eigenvalue weighted by molar-refractivity contribution is 5.97. The maximum atomic E-state index is 12.0. The molecule has 0 aromatic carbocycles. The van der Waals surface area contributed by atoms with Crippen molar-refractivity contribution in [1.82, 2.24) is 4.98 Å². The van der Waals surface area contributed by atoms with Gasteiger partial charge in [0.25, 0.3) is 0 Å². The highest BCUT2D eigenvalue weighted by atomic mass is 16.5. The van der Waals surface area contributed by atoms with Gasteiger partial charge in [0, 0.05) is 30.3 Å². The Bertz CT molecular complexity index is 679. The van der Waals surface area contributed by atoms with Crippen molar-refractivity contribution in [2.45, 2.75) is 63.6 Å². The van der Waals surface area contributed by atoms with Crippen molar-refractivity contribution in [3.8, 4) is 0 Å². The number of aromatic nitrogens is 1. The third-order valence-corrected chi connectivity index (χ3v) is 5.86. The van der Waals surface area contributed by atoms with E-state index in [2.05, 4.69) is 15.2 Å². The number of aliphatic carboxylic acids is 1. The van der Waals surface area contributed by atoms with Gasteiger partial charge >= 0.3 is 5.97 Å². The maximum Gasteiger partial charge on any atom is 0.303 e. The number of ketones is 1. The van der Waals surface area contributed by atoms with Gasteiger partial charge in [-0.2, -0.15) is 10.2 Å². The van der Waals surface area contributed by atoms with Crippen LogP contribution in [0.3, 0.4) is 0 Å². The van der Waals surface area contributed by atoms with Crippen LogP contribution in [-0.2, 0) is 9.53 Å². The number of azo groups is 1. The Hall–Kier alpha value is -2.15. The molecule has 4 atom stereocenters. The summed E-state index contributed by atoms with van der Waals surface area (Å²) in [5, 5.41) is 17.1. The van der Waals surface area contributed by atoms with E-state index in [4.69, 9.17) is 9.84 Å².